The summed E-state index contributed by atoms with van der Waals surface area (Å²) in [6.07, 6.45) is 0.807. The Bertz CT molecular complexity index is 740. The molecule has 1 amide bonds. The van der Waals surface area contributed by atoms with Crippen molar-refractivity contribution < 1.29 is 14.3 Å². The van der Waals surface area contributed by atoms with Gasteiger partial charge in [0, 0.05) is 0 Å². The van der Waals surface area contributed by atoms with E-state index >= 15 is 0 Å². The number of carbonyl (C=O) groups is 1. The highest BCUT2D eigenvalue weighted by Crippen LogP contribution is 2.24. The van der Waals surface area contributed by atoms with Crippen molar-refractivity contribution >= 4 is 5.91 Å². The molecule has 2 rings (SSSR count). The van der Waals surface area contributed by atoms with Crippen molar-refractivity contribution in [3.8, 4) is 11.5 Å². The first-order valence-electron chi connectivity index (χ1n) is 8.58. The highest BCUT2D eigenvalue weighted by Gasteiger charge is 2.14. The van der Waals surface area contributed by atoms with Crippen LogP contribution in [0, 0.1) is 20.8 Å². The second kappa shape index (κ2) is 8.56. The number of benzene rings is 2. The van der Waals surface area contributed by atoms with E-state index in [2.05, 4.69) is 18.3 Å². The van der Waals surface area contributed by atoms with Gasteiger partial charge in [-0.3, -0.25) is 4.79 Å². The van der Waals surface area contributed by atoms with Crippen molar-refractivity contribution in [2.24, 2.45) is 0 Å². The molecule has 0 fully saturated rings. The predicted molar refractivity (Wildman–Crippen MR) is 100 cm³/mol. The maximum Gasteiger partial charge on any atom is 0.258 e. The zero-order valence-corrected chi connectivity index (χ0v) is 15.7. The Hall–Kier alpha value is -2.49. The van der Waals surface area contributed by atoms with Crippen molar-refractivity contribution in [1.82, 2.24) is 5.32 Å². The summed E-state index contributed by atoms with van der Waals surface area (Å²) in [4.78, 5) is 12.3. The lowest BCUT2D eigenvalue weighted by atomic mass is 10.0. The van der Waals surface area contributed by atoms with Gasteiger partial charge >= 0.3 is 0 Å². The summed E-state index contributed by atoms with van der Waals surface area (Å²) in [7, 11) is 1.66. The summed E-state index contributed by atoms with van der Waals surface area (Å²) in [6, 6.07) is 11.9. The molecule has 0 bridgehead atoms. The summed E-state index contributed by atoms with van der Waals surface area (Å²) in [5, 5.41) is 3.05. The van der Waals surface area contributed by atoms with Gasteiger partial charge in [0.1, 0.15) is 11.5 Å². The minimum atomic E-state index is -0.124. The number of hydrogen-bond donors (Lipinski definition) is 1. The van der Waals surface area contributed by atoms with Crippen molar-refractivity contribution in [3.05, 3.63) is 58.7 Å². The molecule has 0 aromatic heterocycles. The van der Waals surface area contributed by atoms with E-state index in [4.69, 9.17) is 9.47 Å². The zero-order valence-electron chi connectivity index (χ0n) is 15.7. The molecule has 0 spiro atoms. The van der Waals surface area contributed by atoms with Crippen molar-refractivity contribution in [2.45, 2.75) is 40.2 Å². The van der Waals surface area contributed by atoms with Crippen LogP contribution in [0.15, 0.2) is 36.4 Å². The molecule has 0 saturated carbocycles. The first-order valence-corrected chi connectivity index (χ1v) is 8.58. The molecule has 0 unspecified atom stereocenters. The van der Waals surface area contributed by atoms with E-state index in [1.165, 1.54) is 0 Å². The van der Waals surface area contributed by atoms with Crippen LogP contribution in [0.2, 0.25) is 0 Å². The van der Waals surface area contributed by atoms with Crippen molar-refractivity contribution in [1.29, 1.82) is 0 Å². The van der Waals surface area contributed by atoms with Crippen LogP contribution in [0.1, 0.15) is 41.6 Å². The lowest BCUT2D eigenvalue weighted by Gasteiger charge is -2.19. The number of rotatable bonds is 7. The van der Waals surface area contributed by atoms with Gasteiger partial charge < -0.3 is 14.8 Å². The quantitative estimate of drug-likeness (QED) is 0.818. The van der Waals surface area contributed by atoms with Gasteiger partial charge in [0.15, 0.2) is 6.61 Å². The summed E-state index contributed by atoms with van der Waals surface area (Å²) in [5.41, 5.74) is 4.26. The smallest absolute Gasteiger partial charge is 0.258 e. The Morgan fingerprint density at radius 2 is 1.80 bits per heavy atom. The Morgan fingerprint density at radius 1 is 1.04 bits per heavy atom. The summed E-state index contributed by atoms with van der Waals surface area (Å²) >= 11 is 0. The third-order valence-electron chi connectivity index (χ3n) is 4.27. The van der Waals surface area contributed by atoms with Gasteiger partial charge in [-0.1, -0.05) is 31.2 Å². The van der Waals surface area contributed by atoms with E-state index in [0.29, 0.717) is 0 Å². The van der Waals surface area contributed by atoms with Crippen LogP contribution in [0.4, 0.5) is 0 Å². The fourth-order valence-corrected chi connectivity index (χ4v) is 2.78. The Labute approximate surface area is 150 Å². The molecule has 0 saturated heterocycles. The normalized spacial score (nSPS) is 11.7. The van der Waals surface area contributed by atoms with Crippen LogP contribution >= 0.6 is 0 Å². The molecule has 0 radical (unpaired) electrons. The van der Waals surface area contributed by atoms with Crippen molar-refractivity contribution in [3.63, 3.8) is 0 Å². The van der Waals surface area contributed by atoms with Gasteiger partial charge in [0.2, 0.25) is 0 Å². The minimum absolute atomic E-state index is 0.00985. The molecule has 0 aliphatic heterocycles. The van der Waals surface area contributed by atoms with Crippen molar-refractivity contribution in [2.75, 3.05) is 13.7 Å². The molecule has 25 heavy (non-hydrogen) atoms. The molecule has 1 N–H and O–H groups in total. The van der Waals surface area contributed by atoms with Gasteiger partial charge in [-0.15, -0.1) is 0 Å². The SMILES string of the molecule is CC[C@@H](NC(=O)COc1cc(C)ccc1C)c1ccc(OC)c(C)c1. The van der Waals surface area contributed by atoms with E-state index in [-0.39, 0.29) is 18.6 Å². The molecular weight excluding hydrogens is 314 g/mol. The average Bonchev–Trinajstić information content (AvgIpc) is 2.60. The van der Waals surface area contributed by atoms with E-state index in [1.54, 1.807) is 7.11 Å². The molecule has 2 aromatic carbocycles. The van der Waals surface area contributed by atoms with Gasteiger partial charge in [-0.2, -0.15) is 0 Å². The second-order valence-corrected chi connectivity index (χ2v) is 6.32. The molecule has 1 atom stereocenters. The molecule has 0 heterocycles. The lowest BCUT2D eigenvalue weighted by Crippen LogP contribution is -2.32. The zero-order chi connectivity index (χ0) is 18.4. The molecule has 2 aromatic rings. The number of hydrogen-bond acceptors (Lipinski definition) is 3. The van der Waals surface area contributed by atoms with E-state index in [9.17, 15) is 4.79 Å². The van der Waals surface area contributed by atoms with Gasteiger partial charge in [0.25, 0.3) is 5.91 Å². The van der Waals surface area contributed by atoms with Gasteiger partial charge in [-0.05, 0) is 61.6 Å². The number of amides is 1. The Kier molecular flexibility index (Phi) is 6.45. The minimum Gasteiger partial charge on any atom is -0.496 e. The van der Waals surface area contributed by atoms with E-state index in [1.807, 2.05) is 51.1 Å². The maximum absolute atomic E-state index is 12.3. The molecule has 0 aliphatic rings. The van der Waals surface area contributed by atoms with Gasteiger partial charge in [-0.25, -0.2) is 0 Å². The van der Waals surface area contributed by atoms with Crippen LogP contribution in [0.3, 0.4) is 0 Å². The summed E-state index contributed by atoms with van der Waals surface area (Å²) in [6.45, 7) is 8.04. The van der Waals surface area contributed by atoms with Gasteiger partial charge in [0.05, 0.1) is 13.2 Å². The van der Waals surface area contributed by atoms with Crippen LogP contribution in [0.25, 0.3) is 0 Å². The first kappa shape index (κ1) is 18.8. The number of nitrogens with one attached hydrogen (secondary N) is 1. The average molecular weight is 341 g/mol. The summed E-state index contributed by atoms with van der Waals surface area (Å²) < 4.78 is 11.0. The molecule has 4 heteroatoms. The number of carbonyl (C=O) groups excluding carboxylic acids is 1. The molecule has 134 valence electrons. The van der Waals surface area contributed by atoms with Crippen LogP contribution < -0.4 is 14.8 Å². The monoisotopic (exact) mass is 341 g/mol. The Morgan fingerprint density at radius 3 is 2.44 bits per heavy atom. The number of ether oxygens (including phenoxy) is 2. The standard InChI is InChI=1S/C21H27NO3/c1-6-18(17-9-10-19(24-5)16(4)12-17)22-21(23)13-25-20-11-14(2)7-8-15(20)3/h7-12,18H,6,13H2,1-5H3,(H,22,23)/t18-/m1/s1. The third-order valence-corrected chi connectivity index (χ3v) is 4.27. The summed E-state index contributed by atoms with van der Waals surface area (Å²) in [5.74, 6) is 1.48. The second-order valence-electron chi connectivity index (χ2n) is 6.32. The maximum atomic E-state index is 12.3. The van der Waals surface area contributed by atoms with E-state index in [0.717, 1.165) is 40.2 Å². The molecule has 0 aliphatic carbocycles. The lowest BCUT2D eigenvalue weighted by molar-refractivity contribution is -0.123. The number of aryl methyl sites for hydroxylation is 3. The third kappa shape index (κ3) is 4.99. The van der Waals surface area contributed by atoms with E-state index < -0.39 is 0 Å². The fourth-order valence-electron chi connectivity index (χ4n) is 2.78. The topological polar surface area (TPSA) is 47.6 Å². The molecule has 4 nitrogen and oxygen atoms in total. The van der Waals surface area contributed by atoms with Crippen LogP contribution in [0.5, 0.6) is 11.5 Å². The molecular formula is C21H27NO3. The Balaban J connectivity index is 2.00. The predicted octanol–water partition coefficient (Wildman–Crippen LogP) is 4.27. The number of methoxy groups -OCH3 is 1. The largest absolute Gasteiger partial charge is 0.496 e. The first-order chi connectivity index (χ1) is 11.9. The van der Waals surface area contributed by atoms with Crippen LogP contribution in [-0.4, -0.2) is 19.6 Å². The fraction of sp³-hybridized carbons (Fsp3) is 0.381. The van der Waals surface area contributed by atoms with Crippen LogP contribution in [-0.2, 0) is 4.79 Å². The highest BCUT2D eigenvalue weighted by molar-refractivity contribution is 5.78. The highest BCUT2D eigenvalue weighted by atomic mass is 16.5.